The Bertz CT molecular complexity index is 548. The Labute approximate surface area is 138 Å². The number of amides is 2. The molecule has 7 heteroatoms. The van der Waals surface area contributed by atoms with Crippen LogP contribution in [0.2, 0.25) is 0 Å². The highest BCUT2D eigenvalue weighted by atomic mass is 79.9. The molecule has 1 fully saturated rings. The van der Waals surface area contributed by atoms with Crippen molar-refractivity contribution < 1.29 is 14.3 Å². The number of carbonyl (C=O) groups is 2. The molecule has 2 amide bonds. The SMILES string of the molecule is CC(C)(C)OC(=O)N[C@H]1C[C@@H](NC(=O)c2ccc(Br)cn2)C1. The lowest BCUT2D eigenvalue weighted by atomic mass is 9.87. The topological polar surface area (TPSA) is 80.3 Å². The zero-order chi connectivity index (χ0) is 16.3. The summed E-state index contributed by atoms with van der Waals surface area (Å²) >= 11 is 3.28. The number of rotatable bonds is 3. The highest BCUT2D eigenvalue weighted by Gasteiger charge is 2.32. The predicted octanol–water partition coefficient (Wildman–Crippen LogP) is 2.63. The lowest BCUT2D eigenvalue weighted by Crippen LogP contribution is -2.54. The minimum absolute atomic E-state index is 0.0398. The zero-order valence-corrected chi connectivity index (χ0v) is 14.4. The van der Waals surface area contributed by atoms with Crippen molar-refractivity contribution >= 4 is 27.9 Å². The Morgan fingerprint density at radius 3 is 2.41 bits per heavy atom. The summed E-state index contributed by atoms with van der Waals surface area (Å²) in [6.45, 7) is 5.46. The molecule has 1 aliphatic carbocycles. The molecule has 0 aliphatic heterocycles. The van der Waals surface area contributed by atoms with Gasteiger partial charge in [-0.3, -0.25) is 4.79 Å². The van der Waals surface area contributed by atoms with Crippen molar-refractivity contribution in [2.24, 2.45) is 0 Å². The summed E-state index contributed by atoms with van der Waals surface area (Å²) in [7, 11) is 0. The zero-order valence-electron chi connectivity index (χ0n) is 12.9. The van der Waals surface area contributed by atoms with Gasteiger partial charge < -0.3 is 15.4 Å². The number of hydrogen-bond donors (Lipinski definition) is 2. The second-order valence-electron chi connectivity index (χ2n) is 6.35. The fraction of sp³-hybridized carbons (Fsp3) is 0.533. The number of halogens is 1. The summed E-state index contributed by atoms with van der Waals surface area (Å²) in [5.74, 6) is -0.201. The number of ether oxygens (including phenoxy) is 1. The molecule has 2 N–H and O–H groups in total. The van der Waals surface area contributed by atoms with Gasteiger partial charge in [-0.05, 0) is 61.7 Å². The van der Waals surface area contributed by atoms with Gasteiger partial charge in [0.2, 0.25) is 0 Å². The molecule has 0 aromatic carbocycles. The van der Waals surface area contributed by atoms with Gasteiger partial charge in [0.25, 0.3) is 5.91 Å². The number of carbonyl (C=O) groups excluding carboxylic acids is 2. The van der Waals surface area contributed by atoms with Crippen LogP contribution >= 0.6 is 15.9 Å². The molecule has 1 aromatic heterocycles. The maximum absolute atomic E-state index is 12.0. The van der Waals surface area contributed by atoms with Crippen molar-refractivity contribution in [2.75, 3.05) is 0 Å². The first kappa shape index (κ1) is 16.7. The number of nitrogens with one attached hydrogen (secondary N) is 2. The fourth-order valence-corrected chi connectivity index (χ4v) is 2.33. The normalized spacial score (nSPS) is 20.7. The minimum Gasteiger partial charge on any atom is -0.444 e. The second-order valence-corrected chi connectivity index (χ2v) is 7.26. The van der Waals surface area contributed by atoms with Crippen LogP contribution in [-0.2, 0) is 4.74 Å². The molecule has 1 aliphatic rings. The van der Waals surface area contributed by atoms with Crippen LogP contribution < -0.4 is 10.6 Å². The third-order valence-corrected chi connectivity index (χ3v) is 3.62. The Hall–Kier alpha value is -1.63. The smallest absolute Gasteiger partial charge is 0.407 e. The van der Waals surface area contributed by atoms with Crippen molar-refractivity contribution in [2.45, 2.75) is 51.3 Å². The van der Waals surface area contributed by atoms with Crippen molar-refractivity contribution in [1.29, 1.82) is 0 Å². The fourth-order valence-electron chi connectivity index (χ4n) is 2.10. The average molecular weight is 370 g/mol. The van der Waals surface area contributed by atoms with Crippen molar-refractivity contribution in [1.82, 2.24) is 15.6 Å². The van der Waals surface area contributed by atoms with E-state index in [0.717, 1.165) is 4.47 Å². The van der Waals surface area contributed by atoms with Crippen LogP contribution in [0, 0.1) is 0 Å². The molecule has 0 atom stereocenters. The molecule has 22 heavy (non-hydrogen) atoms. The van der Waals surface area contributed by atoms with Crippen LogP contribution in [0.5, 0.6) is 0 Å². The van der Waals surface area contributed by atoms with E-state index in [0.29, 0.717) is 18.5 Å². The standard InChI is InChI=1S/C15H20BrN3O3/c1-15(2,3)22-14(21)19-11-6-10(7-11)18-13(20)12-5-4-9(16)8-17-12/h4-5,8,10-11H,6-7H2,1-3H3,(H,18,20)(H,19,21)/t10-,11+. The highest BCUT2D eigenvalue weighted by Crippen LogP contribution is 2.21. The summed E-state index contributed by atoms with van der Waals surface area (Å²) in [5, 5.41) is 5.68. The third-order valence-electron chi connectivity index (χ3n) is 3.15. The maximum atomic E-state index is 12.0. The van der Waals surface area contributed by atoms with Crippen LogP contribution in [0.4, 0.5) is 4.79 Å². The molecule has 0 spiro atoms. The van der Waals surface area contributed by atoms with Gasteiger partial charge in [-0.1, -0.05) is 0 Å². The number of nitrogens with zero attached hydrogens (tertiary/aromatic N) is 1. The number of pyridine rings is 1. The van der Waals surface area contributed by atoms with Gasteiger partial charge in [-0.15, -0.1) is 0 Å². The minimum atomic E-state index is -0.505. The van der Waals surface area contributed by atoms with E-state index in [1.807, 2.05) is 20.8 Å². The first-order valence-corrected chi connectivity index (χ1v) is 7.94. The van der Waals surface area contributed by atoms with E-state index in [9.17, 15) is 9.59 Å². The quantitative estimate of drug-likeness (QED) is 0.857. The van der Waals surface area contributed by atoms with Gasteiger partial charge in [0.1, 0.15) is 11.3 Å². The van der Waals surface area contributed by atoms with Crippen LogP contribution in [0.15, 0.2) is 22.8 Å². The van der Waals surface area contributed by atoms with Gasteiger partial charge in [0.05, 0.1) is 0 Å². The van der Waals surface area contributed by atoms with E-state index < -0.39 is 11.7 Å². The summed E-state index contributed by atoms with van der Waals surface area (Å²) in [4.78, 5) is 27.6. The molecule has 1 saturated carbocycles. The van der Waals surface area contributed by atoms with Gasteiger partial charge in [0, 0.05) is 22.8 Å². The molecule has 120 valence electrons. The van der Waals surface area contributed by atoms with Crippen LogP contribution in [0.1, 0.15) is 44.1 Å². The van der Waals surface area contributed by atoms with Crippen molar-refractivity contribution in [3.8, 4) is 0 Å². The lowest BCUT2D eigenvalue weighted by Gasteiger charge is -2.36. The average Bonchev–Trinajstić information content (AvgIpc) is 2.34. The van der Waals surface area contributed by atoms with E-state index in [2.05, 4.69) is 31.5 Å². The van der Waals surface area contributed by atoms with Crippen molar-refractivity contribution in [3.05, 3.63) is 28.5 Å². The Kier molecular flexibility index (Phi) is 5.05. The van der Waals surface area contributed by atoms with Crippen LogP contribution in [0.25, 0.3) is 0 Å². The molecule has 0 radical (unpaired) electrons. The molecule has 6 nitrogen and oxygen atoms in total. The third kappa shape index (κ3) is 4.98. The lowest BCUT2D eigenvalue weighted by molar-refractivity contribution is 0.0465. The Morgan fingerprint density at radius 1 is 1.23 bits per heavy atom. The highest BCUT2D eigenvalue weighted by molar-refractivity contribution is 9.10. The van der Waals surface area contributed by atoms with Gasteiger partial charge in [0.15, 0.2) is 0 Å². The van der Waals surface area contributed by atoms with Gasteiger partial charge in [-0.25, -0.2) is 9.78 Å². The van der Waals surface area contributed by atoms with E-state index in [1.54, 1.807) is 18.3 Å². The summed E-state index contributed by atoms with van der Waals surface area (Å²) < 4.78 is 6.02. The van der Waals surface area contributed by atoms with Crippen LogP contribution in [-0.4, -0.2) is 34.7 Å². The summed E-state index contributed by atoms with van der Waals surface area (Å²) in [6.07, 6.45) is 2.56. The molecular weight excluding hydrogens is 350 g/mol. The van der Waals surface area contributed by atoms with E-state index in [1.165, 1.54) is 0 Å². The van der Waals surface area contributed by atoms with Gasteiger partial charge in [-0.2, -0.15) is 0 Å². The molecular formula is C15H20BrN3O3. The van der Waals surface area contributed by atoms with Crippen LogP contribution in [0.3, 0.4) is 0 Å². The van der Waals surface area contributed by atoms with E-state index in [-0.39, 0.29) is 18.0 Å². The molecule has 1 heterocycles. The molecule has 1 aromatic rings. The molecule has 0 saturated heterocycles. The summed E-state index contributed by atoms with van der Waals surface area (Å²) in [6, 6.07) is 3.53. The maximum Gasteiger partial charge on any atom is 0.407 e. The van der Waals surface area contributed by atoms with Crippen molar-refractivity contribution in [3.63, 3.8) is 0 Å². The number of aromatic nitrogens is 1. The number of hydrogen-bond acceptors (Lipinski definition) is 4. The largest absolute Gasteiger partial charge is 0.444 e. The number of alkyl carbamates (subject to hydrolysis) is 1. The Balaban J connectivity index is 1.72. The molecule has 2 rings (SSSR count). The second kappa shape index (κ2) is 6.64. The van der Waals surface area contributed by atoms with Gasteiger partial charge >= 0.3 is 6.09 Å². The first-order valence-electron chi connectivity index (χ1n) is 7.15. The Morgan fingerprint density at radius 2 is 1.86 bits per heavy atom. The van der Waals surface area contributed by atoms with E-state index >= 15 is 0 Å². The van der Waals surface area contributed by atoms with E-state index in [4.69, 9.17) is 4.74 Å². The molecule has 0 unspecified atom stereocenters. The first-order chi connectivity index (χ1) is 10.2. The summed E-state index contributed by atoms with van der Waals surface area (Å²) in [5.41, 5.74) is -0.124. The predicted molar refractivity (Wildman–Crippen MR) is 85.6 cm³/mol. The molecule has 0 bridgehead atoms. The monoisotopic (exact) mass is 369 g/mol.